The van der Waals surface area contributed by atoms with Crippen LogP contribution in [0.2, 0.25) is 0 Å². The van der Waals surface area contributed by atoms with Gasteiger partial charge in [-0.2, -0.15) is 0 Å². The van der Waals surface area contributed by atoms with E-state index in [1.165, 1.54) is 12.8 Å². The van der Waals surface area contributed by atoms with Gasteiger partial charge in [0, 0.05) is 19.0 Å². The van der Waals surface area contributed by atoms with Crippen molar-refractivity contribution < 1.29 is 4.79 Å². The molecule has 0 saturated carbocycles. The number of carbonyl (C=O) groups excluding carboxylic acids is 1. The van der Waals surface area contributed by atoms with Gasteiger partial charge in [0.2, 0.25) is 5.91 Å². The maximum Gasteiger partial charge on any atom is 0.220 e. The number of likely N-dealkylation sites (N-methyl/N-ethyl adjacent to an activating group) is 1. The quantitative estimate of drug-likeness (QED) is 0.703. The Morgan fingerprint density at radius 1 is 1.27 bits per heavy atom. The van der Waals surface area contributed by atoms with Crippen molar-refractivity contribution in [2.75, 3.05) is 32.7 Å². The van der Waals surface area contributed by atoms with Crippen LogP contribution in [0.3, 0.4) is 0 Å². The van der Waals surface area contributed by atoms with E-state index in [1.807, 2.05) is 0 Å². The van der Waals surface area contributed by atoms with Gasteiger partial charge < -0.3 is 15.5 Å². The summed E-state index contributed by atoms with van der Waals surface area (Å²) in [6, 6.07) is 0.235. The molecule has 3 atom stereocenters. The van der Waals surface area contributed by atoms with Crippen LogP contribution in [-0.4, -0.2) is 49.6 Å². The minimum absolute atomic E-state index is 0. The molecule has 1 heterocycles. The molecule has 0 spiro atoms. The lowest BCUT2D eigenvalue weighted by molar-refractivity contribution is -0.123. The van der Waals surface area contributed by atoms with Gasteiger partial charge in [0.1, 0.15) is 0 Å². The topological polar surface area (TPSA) is 44.4 Å². The van der Waals surface area contributed by atoms with E-state index in [0.717, 1.165) is 32.7 Å². The number of piperidine rings is 1. The molecule has 1 amide bonds. The van der Waals surface area contributed by atoms with Crippen molar-refractivity contribution in [3.8, 4) is 0 Å². The molecule has 0 aromatic heterocycles. The standard InChI is InChI=1S/C16H33N3O.2ClH/c1-5-19(6-2)12-14(4)18-16(20)10-13(3)15-8-7-9-17-11-15;;/h13-15,17H,5-12H2,1-4H3,(H,18,20);2*1H. The summed E-state index contributed by atoms with van der Waals surface area (Å²) < 4.78 is 0. The minimum atomic E-state index is 0. The number of nitrogens with one attached hydrogen (secondary N) is 2. The fraction of sp³-hybridized carbons (Fsp3) is 0.938. The fourth-order valence-corrected chi connectivity index (χ4v) is 3.07. The Kier molecular flexibility index (Phi) is 14.8. The molecule has 22 heavy (non-hydrogen) atoms. The van der Waals surface area contributed by atoms with Crippen molar-refractivity contribution >= 4 is 30.7 Å². The number of halogens is 2. The summed E-state index contributed by atoms with van der Waals surface area (Å²) in [6.07, 6.45) is 3.17. The van der Waals surface area contributed by atoms with Crippen molar-refractivity contribution in [1.82, 2.24) is 15.5 Å². The summed E-state index contributed by atoms with van der Waals surface area (Å²) in [4.78, 5) is 14.5. The van der Waals surface area contributed by atoms with Gasteiger partial charge in [-0.3, -0.25) is 4.79 Å². The molecular formula is C16H35Cl2N3O. The van der Waals surface area contributed by atoms with Gasteiger partial charge in [-0.25, -0.2) is 0 Å². The van der Waals surface area contributed by atoms with Crippen LogP contribution >= 0.6 is 24.8 Å². The maximum atomic E-state index is 12.1. The van der Waals surface area contributed by atoms with Crippen LogP contribution in [0.25, 0.3) is 0 Å². The second kappa shape index (κ2) is 13.4. The average Bonchev–Trinajstić information content (AvgIpc) is 2.45. The molecular weight excluding hydrogens is 321 g/mol. The molecule has 1 aliphatic heterocycles. The Hall–Kier alpha value is -0.0300. The second-order valence-electron chi connectivity index (χ2n) is 6.24. The predicted octanol–water partition coefficient (Wildman–Crippen LogP) is 2.70. The van der Waals surface area contributed by atoms with Crippen LogP contribution < -0.4 is 10.6 Å². The number of amides is 1. The molecule has 3 unspecified atom stereocenters. The third kappa shape index (κ3) is 9.19. The number of nitrogens with zero attached hydrogens (tertiary/aromatic N) is 1. The van der Waals surface area contributed by atoms with E-state index < -0.39 is 0 Å². The molecule has 0 aliphatic carbocycles. The highest BCUT2D eigenvalue weighted by atomic mass is 35.5. The van der Waals surface area contributed by atoms with Crippen LogP contribution in [-0.2, 0) is 4.79 Å². The number of carbonyl (C=O) groups is 1. The smallest absolute Gasteiger partial charge is 0.220 e. The molecule has 1 fully saturated rings. The summed E-state index contributed by atoms with van der Waals surface area (Å²) in [7, 11) is 0. The Balaban J connectivity index is 0. The lowest BCUT2D eigenvalue weighted by Gasteiger charge is -2.29. The largest absolute Gasteiger partial charge is 0.352 e. The number of rotatable bonds is 8. The molecule has 0 bridgehead atoms. The van der Waals surface area contributed by atoms with E-state index in [4.69, 9.17) is 0 Å². The fourth-order valence-electron chi connectivity index (χ4n) is 3.07. The molecule has 1 aliphatic rings. The molecule has 6 heteroatoms. The summed E-state index contributed by atoms with van der Waals surface area (Å²) in [6.45, 7) is 13.9. The molecule has 0 radical (unpaired) electrons. The SMILES string of the molecule is CCN(CC)CC(C)NC(=O)CC(C)C1CCCNC1.Cl.Cl. The van der Waals surface area contributed by atoms with Crippen molar-refractivity contribution in [2.24, 2.45) is 11.8 Å². The highest BCUT2D eigenvalue weighted by molar-refractivity contribution is 5.85. The monoisotopic (exact) mass is 355 g/mol. The summed E-state index contributed by atoms with van der Waals surface area (Å²) >= 11 is 0. The van der Waals surface area contributed by atoms with Crippen LogP contribution in [0.5, 0.6) is 0 Å². The molecule has 1 saturated heterocycles. The van der Waals surface area contributed by atoms with Crippen LogP contribution in [0, 0.1) is 11.8 Å². The van der Waals surface area contributed by atoms with Crippen molar-refractivity contribution in [3.63, 3.8) is 0 Å². The van der Waals surface area contributed by atoms with Gasteiger partial charge in [0.25, 0.3) is 0 Å². The number of hydrogen-bond donors (Lipinski definition) is 2. The zero-order valence-electron chi connectivity index (χ0n) is 14.6. The maximum absolute atomic E-state index is 12.1. The Morgan fingerprint density at radius 3 is 2.41 bits per heavy atom. The Morgan fingerprint density at radius 2 is 1.91 bits per heavy atom. The van der Waals surface area contributed by atoms with Crippen molar-refractivity contribution in [2.45, 2.75) is 53.0 Å². The normalized spacial score (nSPS) is 20.5. The van der Waals surface area contributed by atoms with Gasteiger partial charge in [-0.15, -0.1) is 24.8 Å². The molecule has 0 aromatic carbocycles. The van der Waals surface area contributed by atoms with E-state index in [1.54, 1.807) is 0 Å². The molecule has 2 N–H and O–H groups in total. The average molecular weight is 356 g/mol. The number of hydrogen-bond acceptors (Lipinski definition) is 3. The first kappa shape index (κ1) is 24.2. The molecule has 134 valence electrons. The molecule has 4 nitrogen and oxygen atoms in total. The van der Waals surface area contributed by atoms with E-state index >= 15 is 0 Å². The van der Waals surface area contributed by atoms with Gasteiger partial charge in [0.05, 0.1) is 0 Å². The van der Waals surface area contributed by atoms with E-state index in [0.29, 0.717) is 18.3 Å². The van der Waals surface area contributed by atoms with E-state index in [-0.39, 0.29) is 36.8 Å². The summed E-state index contributed by atoms with van der Waals surface area (Å²) in [5.74, 6) is 1.35. The lowest BCUT2D eigenvalue weighted by atomic mass is 9.85. The zero-order chi connectivity index (χ0) is 15.0. The summed E-state index contributed by atoms with van der Waals surface area (Å²) in [5, 5.41) is 6.58. The predicted molar refractivity (Wildman–Crippen MR) is 99.3 cm³/mol. The Bertz CT molecular complexity index is 283. The Labute approximate surface area is 149 Å². The minimum Gasteiger partial charge on any atom is -0.352 e. The van der Waals surface area contributed by atoms with Gasteiger partial charge >= 0.3 is 0 Å². The van der Waals surface area contributed by atoms with Crippen LogP contribution in [0.1, 0.15) is 47.0 Å². The first-order chi connectivity index (χ1) is 9.56. The molecule has 0 aromatic rings. The van der Waals surface area contributed by atoms with Gasteiger partial charge in [-0.1, -0.05) is 20.8 Å². The zero-order valence-corrected chi connectivity index (χ0v) is 16.2. The van der Waals surface area contributed by atoms with E-state index in [2.05, 4.69) is 43.2 Å². The summed E-state index contributed by atoms with van der Waals surface area (Å²) in [5.41, 5.74) is 0. The second-order valence-corrected chi connectivity index (χ2v) is 6.24. The highest BCUT2D eigenvalue weighted by Gasteiger charge is 2.22. The third-order valence-electron chi connectivity index (χ3n) is 4.48. The van der Waals surface area contributed by atoms with E-state index in [9.17, 15) is 4.79 Å². The first-order valence-electron chi connectivity index (χ1n) is 8.29. The lowest BCUT2D eigenvalue weighted by Crippen LogP contribution is -2.43. The van der Waals surface area contributed by atoms with Gasteiger partial charge in [-0.05, 0) is 57.8 Å². The van der Waals surface area contributed by atoms with Crippen LogP contribution in [0.15, 0.2) is 0 Å². The van der Waals surface area contributed by atoms with Gasteiger partial charge in [0.15, 0.2) is 0 Å². The van der Waals surface area contributed by atoms with Crippen molar-refractivity contribution in [1.29, 1.82) is 0 Å². The van der Waals surface area contributed by atoms with Crippen molar-refractivity contribution in [3.05, 3.63) is 0 Å². The third-order valence-corrected chi connectivity index (χ3v) is 4.48. The first-order valence-corrected chi connectivity index (χ1v) is 8.29. The van der Waals surface area contributed by atoms with Crippen LogP contribution in [0.4, 0.5) is 0 Å². The molecule has 1 rings (SSSR count). The highest BCUT2D eigenvalue weighted by Crippen LogP contribution is 2.22.